The lowest BCUT2D eigenvalue weighted by Gasteiger charge is -2.57. The average molecular weight is 361 g/mol. The van der Waals surface area contributed by atoms with Crippen molar-refractivity contribution < 1.29 is 9.22 Å². The summed E-state index contributed by atoms with van der Waals surface area (Å²) in [7, 11) is -1.46. The maximum atomic E-state index is 12.5. The fourth-order valence-corrected chi connectivity index (χ4v) is 8.20. The van der Waals surface area contributed by atoms with Gasteiger partial charge in [0, 0.05) is 17.9 Å². The minimum Gasteiger partial charge on any atom is -0.414 e. The number of hydrogen-bond donors (Lipinski definition) is 0. The highest BCUT2D eigenvalue weighted by molar-refractivity contribution is 6.69. The van der Waals surface area contributed by atoms with Crippen LogP contribution in [0.15, 0.2) is 11.6 Å². The van der Waals surface area contributed by atoms with Gasteiger partial charge in [-0.15, -0.1) is 0 Å². The molecule has 0 aromatic carbocycles. The van der Waals surface area contributed by atoms with Gasteiger partial charge in [-0.2, -0.15) is 0 Å². The van der Waals surface area contributed by atoms with E-state index in [0.29, 0.717) is 23.2 Å². The molecule has 4 rings (SSSR count). The lowest BCUT2D eigenvalue weighted by Crippen LogP contribution is -2.51. The van der Waals surface area contributed by atoms with Gasteiger partial charge in [-0.1, -0.05) is 25.5 Å². The summed E-state index contributed by atoms with van der Waals surface area (Å²) < 4.78 is 6.46. The van der Waals surface area contributed by atoms with Gasteiger partial charge in [0.05, 0.1) is 0 Å². The third-order valence-corrected chi connectivity index (χ3v) is 9.33. The standard InChI is InChI=1S/C22H36O2Si/c1-21-12-10-16(24-25(3,4)5)14-15(21)6-7-17-18-8-9-20(23)22(18,2)13-11-19(17)21/h6,16-19H,7-14H2,1-5H3/t16-,17+,18+,19+,21+,22+/m1/s1. The second-order valence-corrected chi connectivity index (χ2v) is 15.2. The first kappa shape index (κ1) is 18.0. The van der Waals surface area contributed by atoms with E-state index in [1.807, 2.05) is 0 Å². The summed E-state index contributed by atoms with van der Waals surface area (Å²) in [6.45, 7) is 11.8. The number of allylic oxidation sites excluding steroid dienone is 1. The number of carbonyl (C=O) groups excluding carboxylic acids is 1. The number of hydrogen-bond acceptors (Lipinski definition) is 2. The Morgan fingerprint density at radius 2 is 1.72 bits per heavy atom. The van der Waals surface area contributed by atoms with Gasteiger partial charge in [-0.05, 0) is 87.8 Å². The Balaban J connectivity index is 1.57. The molecule has 2 nitrogen and oxygen atoms in total. The minimum absolute atomic E-state index is 0.00101. The van der Waals surface area contributed by atoms with Gasteiger partial charge in [0.15, 0.2) is 8.32 Å². The van der Waals surface area contributed by atoms with Gasteiger partial charge in [-0.3, -0.25) is 4.79 Å². The largest absolute Gasteiger partial charge is 0.414 e. The molecule has 0 amide bonds. The van der Waals surface area contributed by atoms with Crippen LogP contribution in [0.1, 0.15) is 65.2 Å². The van der Waals surface area contributed by atoms with E-state index in [1.54, 1.807) is 5.57 Å². The highest BCUT2D eigenvalue weighted by atomic mass is 28.4. The second-order valence-electron chi connectivity index (χ2n) is 10.8. The summed E-state index contributed by atoms with van der Waals surface area (Å²) in [5.74, 6) is 2.74. The van der Waals surface area contributed by atoms with Gasteiger partial charge in [0.1, 0.15) is 5.78 Å². The van der Waals surface area contributed by atoms with Gasteiger partial charge in [0.2, 0.25) is 0 Å². The molecule has 4 aliphatic rings. The van der Waals surface area contributed by atoms with Crippen molar-refractivity contribution in [1.82, 2.24) is 0 Å². The second kappa shape index (κ2) is 5.79. The van der Waals surface area contributed by atoms with Crippen LogP contribution in [0.25, 0.3) is 0 Å². The van der Waals surface area contributed by atoms with Crippen LogP contribution in [0.3, 0.4) is 0 Å². The Bertz CT molecular complexity index is 604. The molecule has 0 heterocycles. The molecule has 0 aliphatic heterocycles. The molecule has 0 aromatic heterocycles. The molecule has 0 bridgehead atoms. The molecule has 6 atom stereocenters. The van der Waals surface area contributed by atoms with Crippen LogP contribution in [0.4, 0.5) is 0 Å². The van der Waals surface area contributed by atoms with Gasteiger partial charge >= 0.3 is 0 Å². The summed E-state index contributed by atoms with van der Waals surface area (Å²) in [4.78, 5) is 12.5. The molecule has 4 aliphatic carbocycles. The topological polar surface area (TPSA) is 26.3 Å². The first-order valence-electron chi connectivity index (χ1n) is 10.5. The predicted molar refractivity (Wildman–Crippen MR) is 105 cm³/mol. The third-order valence-electron chi connectivity index (χ3n) is 8.29. The highest BCUT2D eigenvalue weighted by Gasteiger charge is 2.58. The van der Waals surface area contributed by atoms with Crippen LogP contribution in [0.5, 0.6) is 0 Å². The Kier molecular flexibility index (Phi) is 4.16. The molecule has 0 radical (unpaired) electrons. The lowest BCUT2D eigenvalue weighted by atomic mass is 9.48. The highest BCUT2D eigenvalue weighted by Crippen LogP contribution is 2.64. The zero-order valence-electron chi connectivity index (χ0n) is 16.9. The molecule has 3 saturated carbocycles. The first-order valence-corrected chi connectivity index (χ1v) is 13.9. The summed E-state index contributed by atoms with van der Waals surface area (Å²) in [5, 5.41) is 0. The third kappa shape index (κ3) is 2.81. The van der Waals surface area contributed by atoms with Crippen molar-refractivity contribution in [3.8, 4) is 0 Å². The molecule has 0 saturated heterocycles. The van der Waals surface area contributed by atoms with E-state index in [4.69, 9.17) is 4.43 Å². The summed E-state index contributed by atoms with van der Waals surface area (Å²) in [5.41, 5.74) is 2.06. The van der Waals surface area contributed by atoms with Crippen molar-refractivity contribution >= 4 is 14.1 Å². The van der Waals surface area contributed by atoms with E-state index in [2.05, 4.69) is 39.6 Å². The van der Waals surface area contributed by atoms with Crippen LogP contribution in [-0.2, 0) is 9.22 Å². The maximum Gasteiger partial charge on any atom is 0.184 e. The molecule has 140 valence electrons. The molecule has 0 N–H and O–H groups in total. The van der Waals surface area contributed by atoms with E-state index in [1.165, 1.54) is 25.7 Å². The van der Waals surface area contributed by atoms with Crippen LogP contribution < -0.4 is 0 Å². The average Bonchev–Trinajstić information content (AvgIpc) is 2.82. The van der Waals surface area contributed by atoms with Crippen LogP contribution in [0, 0.1) is 28.6 Å². The smallest absolute Gasteiger partial charge is 0.184 e. The lowest BCUT2D eigenvalue weighted by molar-refractivity contribution is -0.131. The summed E-state index contributed by atoms with van der Waals surface area (Å²) in [6, 6.07) is 0. The monoisotopic (exact) mass is 360 g/mol. The number of carbonyl (C=O) groups is 1. The van der Waals surface area contributed by atoms with Gasteiger partial charge in [-0.25, -0.2) is 0 Å². The minimum atomic E-state index is -1.46. The Morgan fingerprint density at radius 1 is 1.04 bits per heavy atom. The van der Waals surface area contributed by atoms with Crippen molar-refractivity contribution in [3.63, 3.8) is 0 Å². The van der Waals surface area contributed by atoms with E-state index >= 15 is 0 Å². The Labute approximate surface area is 154 Å². The van der Waals surface area contributed by atoms with Crippen molar-refractivity contribution in [2.45, 2.75) is 91.0 Å². The molecule has 3 fully saturated rings. The van der Waals surface area contributed by atoms with Gasteiger partial charge < -0.3 is 4.43 Å². The molecule has 0 spiro atoms. The molecule has 0 unspecified atom stereocenters. The van der Waals surface area contributed by atoms with Crippen molar-refractivity contribution in [3.05, 3.63) is 11.6 Å². The van der Waals surface area contributed by atoms with Crippen LogP contribution in [-0.4, -0.2) is 20.2 Å². The molecule has 0 aromatic rings. The Hall–Kier alpha value is -0.413. The number of Topliss-reactive ketones (excluding diaryl/α,β-unsaturated/α-hetero) is 1. The van der Waals surface area contributed by atoms with E-state index in [9.17, 15) is 4.79 Å². The van der Waals surface area contributed by atoms with Crippen LogP contribution >= 0.6 is 0 Å². The fourth-order valence-electron chi connectivity index (χ4n) is 7.00. The van der Waals surface area contributed by atoms with Crippen molar-refractivity contribution in [2.75, 3.05) is 0 Å². The predicted octanol–water partition coefficient (Wildman–Crippen LogP) is 5.74. The van der Waals surface area contributed by atoms with Crippen LogP contribution in [0.2, 0.25) is 19.6 Å². The van der Waals surface area contributed by atoms with E-state index in [0.717, 1.165) is 37.5 Å². The summed E-state index contributed by atoms with van der Waals surface area (Å²) >= 11 is 0. The SMILES string of the molecule is C[C@]12CC[C@@H](O[Si](C)(C)C)CC1=CC[C@@H]1[C@@H]2CC[C@]2(C)C(=O)CC[C@@H]12. The number of ketones is 1. The molecular weight excluding hydrogens is 324 g/mol. The van der Waals surface area contributed by atoms with Crippen molar-refractivity contribution in [2.24, 2.45) is 28.6 Å². The number of fused-ring (bicyclic) bond motifs is 5. The van der Waals surface area contributed by atoms with E-state index in [-0.39, 0.29) is 5.41 Å². The maximum absolute atomic E-state index is 12.5. The normalized spacial score (nSPS) is 46.9. The van der Waals surface area contributed by atoms with Crippen molar-refractivity contribution in [1.29, 1.82) is 0 Å². The first-order chi connectivity index (χ1) is 11.6. The zero-order valence-corrected chi connectivity index (χ0v) is 17.9. The number of rotatable bonds is 2. The summed E-state index contributed by atoms with van der Waals surface area (Å²) in [6.07, 6.45) is 12.3. The molecular formula is C22H36O2Si. The molecule has 25 heavy (non-hydrogen) atoms. The van der Waals surface area contributed by atoms with Gasteiger partial charge in [0.25, 0.3) is 0 Å². The van der Waals surface area contributed by atoms with E-state index < -0.39 is 8.32 Å². The molecule has 3 heteroatoms. The fraction of sp³-hybridized carbons (Fsp3) is 0.864. The quantitative estimate of drug-likeness (QED) is 0.464. The Morgan fingerprint density at radius 3 is 2.44 bits per heavy atom. The zero-order chi connectivity index (χ0) is 18.0.